The molecule has 0 saturated heterocycles. The van der Waals surface area contributed by atoms with Crippen LogP contribution in [0.3, 0.4) is 0 Å². The number of carbonyl (C=O) groups excluding carboxylic acids is 4. The predicted molar refractivity (Wildman–Crippen MR) is 163 cm³/mol. The van der Waals surface area contributed by atoms with Gasteiger partial charge in [0.2, 0.25) is 11.7 Å². The van der Waals surface area contributed by atoms with Crippen molar-refractivity contribution in [2.24, 2.45) is 34.5 Å². The number of Topliss-reactive ketones (excluding diaryl/α,β-unsaturated/α-hetero) is 1. The molecule has 11 nitrogen and oxygen atoms in total. The van der Waals surface area contributed by atoms with Crippen LogP contribution >= 0.6 is 0 Å². The normalized spacial score (nSPS) is 35.6. The van der Waals surface area contributed by atoms with Crippen LogP contribution in [0.2, 0.25) is 0 Å². The van der Waals surface area contributed by atoms with Crippen molar-refractivity contribution in [1.29, 1.82) is 0 Å². The van der Waals surface area contributed by atoms with Gasteiger partial charge in [0.05, 0.1) is 22.0 Å². The van der Waals surface area contributed by atoms with Crippen LogP contribution in [0.15, 0.2) is 23.8 Å². The van der Waals surface area contributed by atoms with Crippen molar-refractivity contribution in [3.63, 3.8) is 0 Å². The van der Waals surface area contributed by atoms with Gasteiger partial charge in [0.15, 0.2) is 12.4 Å². The Morgan fingerprint density at radius 3 is 2.47 bits per heavy atom. The molecule has 8 atom stereocenters. The topological polar surface area (TPSA) is 178 Å². The van der Waals surface area contributed by atoms with E-state index in [1.807, 2.05) is 13.0 Å². The molecule has 0 heterocycles. The third-order valence-electron chi connectivity index (χ3n) is 11.4. The number of hydrogen-bond acceptors (Lipinski definition) is 10. The van der Waals surface area contributed by atoms with Crippen LogP contribution in [0, 0.1) is 34.5 Å². The Labute approximate surface area is 266 Å². The molecule has 0 aromatic carbocycles. The van der Waals surface area contributed by atoms with E-state index in [0.717, 1.165) is 12.0 Å². The molecule has 0 aliphatic heterocycles. The summed E-state index contributed by atoms with van der Waals surface area (Å²) in [5.41, 5.74) is -2.02. The Balaban J connectivity index is 1.25. The first-order valence-corrected chi connectivity index (χ1v) is 17.7. The molecule has 1 amide bonds. The minimum atomic E-state index is -4.38. The molecule has 0 bridgehead atoms. The fourth-order valence-corrected chi connectivity index (χ4v) is 9.51. The largest absolute Gasteiger partial charge is 0.748 e. The molecule has 4 rings (SSSR count). The van der Waals surface area contributed by atoms with E-state index in [0.29, 0.717) is 32.1 Å². The first kappa shape index (κ1) is 35.4. The number of rotatable bonds is 13. The monoisotopic (exact) mass is 650 g/mol. The zero-order valence-corrected chi connectivity index (χ0v) is 27.6. The van der Waals surface area contributed by atoms with Gasteiger partial charge >= 0.3 is 5.97 Å². The molecule has 0 aromatic rings. The number of ketones is 2. The van der Waals surface area contributed by atoms with Gasteiger partial charge in [-0.05, 0) is 68.4 Å². The predicted octanol–water partition coefficient (Wildman–Crippen LogP) is 2.70. The number of carbonyl (C=O) groups is 4. The second-order valence-corrected chi connectivity index (χ2v) is 15.7. The van der Waals surface area contributed by atoms with Crippen molar-refractivity contribution >= 4 is 33.6 Å². The maximum absolute atomic E-state index is 13.5. The molecule has 0 radical (unpaired) electrons. The molecular weight excluding hydrogens is 602 g/mol. The number of fused-ring (bicyclic) bond motifs is 5. The van der Waals surface area contributed by atoms with Crippen LogP contribution in [0.5, 0.6) is 0 Å². The molecule has 1 unspecified atom stereocenters. The third-order valence-corrected chi connectivity index (χ3v) is 12.1. The molecule has 252 valence electrons. The van der Waals surface area contributed by atoms with Crippen molar-refractivity contribution in [2.75, 3.05) is 26.0 Å². The van der Waals surface area contributed by atoms with Gasteiger partial charge in [-0.15, -0.1) is 0 Å². The molecular formula is C33H48NO10S-. The standard InChI is InChI=1S/C33H49NO10S/c1-21-17-23-24-12-14-33(40,32(24,3)19-26(36)30(23)31(2)13-11-22(35)18-25(21)31)27(37)20-44-29(39)10-8-6-5-7-9-28(38)34(4)15-16-45(41,42)43/h11,13,18,21,23-24,26,30,36,40H,5-10,12,14-17,19-20H2,1-4H3,(H,41,42,43)/p-1/t21-,23-,24-,26-,30+,31?,32-,33-/m0/s1. The zero-order chi connectivity index (χ0) is 33.4. The highest BCUT2D eigenvalue weighted by molar-refractivity contribution is 7.85. The number of ether oxygens (including phenoxy) is 1. The van der Waals surface area contributed by atoms with Crippen LogP contribution in [0.25, 0.3) is 0 Å². The number of aliphatic hydroxyl groups excluding tert-OH is 1. The fraction of sp³-hybridized carbons (Fsp3) is 0.758. The van der Waals surface area contributed by atoms with E-state index >= 15 is 0 Å². The van der Waals surface area contributed by atoms with Gasteiger partial charge in [0, 0.05) is 43.2 Å². The summed E-state index contributed by atoms with van der Waals surface area (Å²) >= 11 is 0. The zero-order valence-electron chi connectivity index (χ0n) is 26.8. The van der Waals surface area contributed by atoms with E-state index in [2.05, 4.69) is 13.8 Å². The van der Waals surface area contributed by atoms with Crippen molar-refractivity contribution in [2.45, 2.75) is 96.7 Å². The Morgan fingerprint density at radius 1 is 1.13 bits per heavy atom. The Kier molecular flexibility index (Phi) is 10.5. The molecule has 3 fully saturated rings. The molecule has 2 N–H and O–H groups in total. The summed E-state index contributed by atoms with van der Waals surface area (Å²) in [4.78, 5) is 51.3. The van der Waals surface area contributed by atoms with Gasteiger partial charge in [0.25, 0.3) is 0 Å². The summed E-state index contributed by atoms with van der Waals surface area (Å²) in [6.45, 7) is 5.39. The molecule has 12 heteroatoms. The number of amides is 1. The number of esters is 1. The molecule has 3 saturated carbocycles. The average Bonchev–Trinajstić information content (AvgIpc) is 3.23. The number of aliphatic hydroxyl groups is 2. The van der Waals surface area contributed by atoms with Crippen LogP contribution in [0.1, 0.15) is 85.0 Å². The maximum Gasteiger partial charge on any atom is 0.306 e. The molecule has 4 aliphatic carbocycles. The smallest absolute Gasteiger partial charge is 0.306 e. The fourth-order valence-electron chi connectivity index (χ4n) is 9.01. The van der Waals surface area contributed by atoms with E-state index in [9.17, 15) is 42.4 Å². The third kappa shape index (κ3) is 7.13. The first-order valence-electron chi connectivity index (χ1n) is 16.1. The first-order chi connectivity index (χ1) is 20.9. The summed E-state index contributed by atoms with van der Waals surface area (Å²) in [5, 5.41) is 23.4. The summed E-state index contributed by atoms with van der Waals surface area (Å²) in [6, 6.07) is 0. The molecule has 0 spiro atoms. The van der Waals surface area contributed by atoms with Gasteiger partial charge in [-0.25, -0.2) is 8.42 Å². The number of hydrogen-bond donors (Lipinski definition) is 2. The van der Waals surface area contributed by atoms with Gasteiger partial charge in [-0.3, -0.25) is 19.2 Å². The lowest BCUT2D eigenvalue weighted by Gasteiger charge is -2.60. The summed E-state index contributed by atoms with van der Waals surface area (Å²) in [5.74, 6) is -1.95. The summed E-state index contributed by atoms with van der Waals surface area (Å²) < 4.78 is 37.5. The van der Waals surface area contributed by atoms with Crippen LogP contribution < -0.4 is 0 Å². The lowest BCUT2D eigenvalue weighted by molar-refractivity contribution is -0.182. The van der Waals surface area contributed by atoms with Crippen molar-refractivity contribution < 1.29 is 47.1 Å². The van der Waals surface area contributed by atoms with Gasteiger partial charge in [-0.1, -0.05) is 45.3 Å². The highest BCUT2D eigenvalue weighted by atomic mass is 32.2. The highest BCUT2D eigenvalue weighted by Crippen LogP contribution is 2.67. The lowest BCUT2D eigenvalue weighted by atomic mass is 9.45. The van der Waals surface area contributed by atoms with Crippen molar-refractivity contribution in [3.05, 3.63) is 23.8 Å². The van der Waals surface area contributed by atoms with E-state index < -0.39 is 56.8 Å². The number of allylic oxidation sites excluding steroid dienone is 4. The van der Waals surface area contributed by atoms with Gasteiger partial charge in [0.1, 0.15) is 5.60 Å². The van der Waals surface area contributed by atoms with Crippen LogP contribution in [-0.4, -0.2) is 89.2 Å². The number of nitrogens with zero attached hydrogens (tertiary/aromatic N) is 1. The minimum absolute atomic E-state index is 0.00574. The average molecular weight is 651 g/mol. The van der Waals surface area contributed by atoms with Crippen molar-refractivity contribution in [1.82, 2.24) is 4.90 Å². The van der Waals surface area contributed by atoms with Crippen LogP contribution in [0.4, 0.5) is 0 Å². The second kappa shape index (κ2) is 13.4. The van der Waals surface area contributed by atoms with E-state index in [1.165, 1.54) is 11.9 Å². The highest BCUT2D eigenvalue weighted by Gasteiger charge is 2.68. The molecule has 4 aliphatic rings. The molecule has 45 heavy (non-hydrogen) atoms. The summed E-state index contributed by atoms with van der Waals surface area (Å²) in [6.07, 6.45) is 8.97. The van der Waals surface area contributed by atoms with E-state index in [-0.39, 0.29) is 67.6 Å². The van der Waals surface area contributed by atoms with E-state index in [1.54, 1.807) is 12.2 Å². The lowest BCUT2D eigenvalue weighted by Crippen LogP contribution is -2.62. The van der Waals surface area contributed by atoms with Gasteiger partial charge < -0.3 is 24.4 Å². The quantitative estimate of drug-likeness (QED) is 0.171. The van der Waals surface area contributed by atoms with Crippen molar-refractivity contribution in [3.8, 4) is 0 Å². The van der Waals surface area contributed by atoms with E-state index in [4.69, 9.17) is 4.74 Å². The number of unbranched alkanes of at least 4 members (excludes halogenated alkanes) is 3. The SMILES string of the molecule is C[C@H]1C[C@@H]2[C@H]([C@@H](O)C[C@@]3(C)[C@H]2CC[C@]3(O)C(=O)COC(=O)CCCCCCC(=O)N(C)CCS(=O)(=O)[O-])C2(C)C=CC(=O)C=C12. The maximum atomic E-state index is 13.5. The minimum Gasteiger partial charge on any atom is -0.748 e. The Morgan fingerprint density at radius 2 is 1.80 bits per heavy atom. The second-order valence-electron chi connectivity index (χ2n) is 14.2. The van der Waals surface area contributed by atoms with Gasteiger partial charge in [-0.2, -0.15) is 0 Å². The molecule has 0 aromatic heterocycles. The van der Waals surface area contributed by atoms with Crippen LogP contribution in [-0.2, 0) is 34.0 Å². The Hall–Kier alpha value is -2.41. The Bertz CT molecular complexity index is 1360. The summed E-state index contributed by atoms with van der Waals surface area (Å²) in [7, 11) is -2.93.